The maximum absolute atomic E-state index is 8.77. The van der Waals surface area contributed by atoms with Gasteiger partial charge in [-0.2, -0.15) is 5.26 Å². The average Bonchev–Trinajstić information content (AvgIpc) is 3.15. The minimum absolute atomic E-state index is 0.580. The lowest BCUT2D eigenvalue weighted by Gasteiger charge is -2.16. The van der Waals surface area contributed by atoms with Crippen molar-refractivity contribution in [2.45, 2.75) is 13.0 Å². The third-order valence-electron chi connectivity index (χ3n) is 4.23. The van der Waals surface area contributed by atoms with Crippen LogP contribution in [0.5, 0.6) is 0 Å². The Morgan fingerprint density at radius 2 is 2.26 bits per heavy atom. The van der Waals surface area contributed by atoms with Crippen LogP contribution in [-0.2, 0) is 13.6 Å². The maximum atomic E-state index is 8.77. The van der Waals surface area contributed by atoms with E-state index in [0.717, 1.165) is 44.2 Å². The molecule has 1 aliphatic heterocycles. The van der Waals surface area contributed by atoms with Crippen LogP contribution in [0.3, 0.4) is 0 Å². The molecule has 3 heterocycles. The Morgan fingerprint density at radius 3 is 2.91 bits per heavy atom. The first-order valence-corrected chi connectivity index (χ1v) is 8.02. The largest absolute Gasteiger partial charge is 0.370 e. The Kier molecular flexibility index (Phi) is 4.79. The molecule has 1 saturated heterocycles. The van der Waals surface area contributed by atoms with Crippen molar-refractivity contribution in [3.63, 3.8) is 0 Å². The van der Waals surface area contributed by atoms with Gasteiger partial charge in [-0.3, -0.25) is 4.90 Å². The van der Waals surface area contributed by atoms with Crippen LogP contribution in [0.2, 0.25) is 5.15 Å². The minimum atomic E-state index is 0.580. The number of halogens is 1. The highest BCUT2D eigenvalue weighted by atomic mass is 35.5. The lowest BCUT2D eigenvalue weighted by atomic mass is 10.1. The van der Waals surface area contributed by atoms with Crippen LogP contribution < -0.4 is 5.32 Å². The van der Waals surface area contributed by atoms with E-state index in [-0.39, 0.29) is 0 Å². The molecule has 0 radical (unpaired) electrons. The fourth-order valence-electron chi connectivity index (χ4n) is 2.81. The second kappa shape index (κ2) is 6.99. The first-order valence-electron chi connectivity index (χ1n) is 7.64. The Hall–Kier alpha value is -2.10. The summed E-state index contributed by atoms with van der Waals surface area (Å²) in [4.78, 5) is 11.0. The quantitative estimate of drug-likeness (QED) is 0.910. The van der Waals surface area contributed by atoms with Crippen molar-refractivity contribution in [2.75, 3.05) is 25.0 Å². The molecule has 6 nitrogen and oxygen atoms in total. The van der Waals surface area contributed by atoms with Gasteiger partial charge in [-0.1, -0.05) is 11.6 Å². The highest BCUT2D eigenvalue weighted by Crippen LogP contribution is 2.20. The van der Waals surface area contributed by atoms with Gasteiger partial charge in [0.15, 0.2) is 0 Å². The number of aromatic nitrogens is 3. The predicted octanol–water partition coefficient (Wildman–Crippen LogP) is 2.27. The smallest absolute Gasteiger partial charge is 0.128 e. The molecule has 1 N–H and O–H groups in total. The number of hydrogen-bond donors (Lipinski definition) is 1. The molecular weight excluding hydrogens is 312 g/mol. The monoisotopic (exact) mass is 330 g/mol. The van der Waals surface area contributed by atoms with Crippen molar-refractivity contribution in [3.05, 3.63) is 41.1 Å². The van der Waals surface area contributed by atoms with Gasteiger partial charge < -0.3 is 9.88 Å². The summed E-state index contributed by atoms with van der Waals surface area (Å²) in [6.45, 7) is 3.82. The highest BCUT2D eigenvalue weighted by Gasteiger charge is 2.23. The lowest BCUT2D eigenvalue weighted by molar-refractivity contribution is 0.307. The summed E-state index contributed by atoms with van der Waals surface area (Å²) in [6.07, 6.45) is 4.44. The minimum Gasteiger partial charge on any atom is -0.370 e. The number of nitrogens with zero attached hydrogens (tertiary/aromatic N) is 5. The number of rotatable bonds is 5. The van der Waals surface area contributed by atoms with Gasteiger partial charge in [-0.15, -0.1) is 0 Å². The van der Waals surface area contributed by atoms with Gasteiger partial charge in [0.05, 0.1) is 18.3 Å². The van der Waals surface area contributed by atoms with Crippen molar-refractivity contribution in [1.29, 1.82) is 5.26 Å². The van der Waals surface area contributed by atoms with Gasteiger partial charge in [0, 0.05) is 26.3 Å². The zero-order chi connectivity index (χ0) is 16.2. The van der Waals surface area contributed by atoms with E-state index in [1.54, 1.807) is 18.5 Å². The van der Waals surface area contributed by atoms with E-state index in [0.29, 0.717) is 16.6 Å². The zero-order valence-corrected chi connectivity index (χ0v) is 13.8. The second-order valence-corrected chi connectivity index (χ2v) is 6.26. The summed E-state index contributed by atoms with van der Waals surface area (Å²) >= 11 is 6.03. The van der Waals surface area contributed by atoms with E-state index in [4.69, 9.17) is 16.9 Å². The SMILES string of the molecule is Cn1c(Cl)cnc1CN1CCC(CNc2ccc(C#N)cn2)C1. The van der Waals surface area contributed by atoms with E-state index < -0.39 is 0 Å². The summed E-state index contributed by atoms with van der Waals surface area (Å²) in [5.74, 6) is 2.40. The van der Waals surface area contributed by atoms with Crippen molar-refractivity contribution in [3.8, 4) is 6.07 Å². The number of pyridine rings is 1. The van der Waals surface area contributed by atoms with Gasteiger partial charge in [0.25, 0.3) is 0 Å². The normalized spacial score (nSPS) is 18.0. The average molecular weight is 331 g/mol. The van der Waals surface area contributed by atoms with Crippen molar-refractivity contribution in [2.24, 2.45) is 13.0 Å². The fourth-order valence-corrected chi connectivity index (χ4v) is 2.95. The van der Waals surface area contributed by atoms with E-state index in [2.05, 4.69) is 26.3 Å². The number of hydrogen-bond acceptors (Lipinski definition) is 5. The molecule has 0 aliphatic carbocycles. The van der Waals surface area contributed by atoms with E-state index >= 15 is 0 Å². The van der Waals surface area contributed by atoms with Crippen molar-refractivity contribution < 1.29 is 0 Å². The first-order chi connectivity index (χ1) is 11.2. The molecular formula is C16H19ClN6. The van der Waals surface area contributed by atoms with E-state index in [1.165, 1.54) is 0 Å². The molecule has 120 valence electrons. The predicted molar refractivity (Wildman–Crippen MR) is 89.0 cm³/mol. The Labute approximate surface area is 140 Å². The number of likely N-dealkylation sites (tertiary alicyclic amines) is 1. The number of nitrogens with one attached hydrogen (secondary N) is 1. The number of imidazole rings is 1. The van der Waals surface area contributed by atoms with Crippen LogP contribution >= 0.6 is 11.6 Å². The van der Waals surface area contributed by atoms with Gasteiger partial charge >= 0.3 is 0 Å². The van der Waals surface area contributed by atoms with Crippen molar-refractivity contribution in [1.82, 2.24) is 19.4 Å². The summed E-state index contributed by atoms with van der Waals surface area (Å²) in [5, 5.41) is 12.8. The molecule has 2 aromatic rings. The van der Waals surface area contributed by atoms with Gasteiger partial charge in [0.1, 0.15) is 22.9 Å². The molecule has 7 heteroatoms. The van der Waals surface area contributed by atoms with E-state index in [9.17, 15) is 0 Å². The molecule has 1 unspecified atom stereocenters. The Balaban J connectivity index is 1.48. The van der Waals surface area contributed by atoms with E-state index in [1.807, 2.05) is 17.7 Å². The van der Waals surface area contributed by atoms with Crippen LogP contribution in [0.1, 0.15) is 17.8 Å². The van der Waals surface area contributed by atoms with Crippen LogP contribution in [-0.4, -0.2) is 39.1 Å². The lowest BCUT2D eigenvalue weighted by Crippen LogP contribution is -2.24. The Morgan fingerprint density at radius 1 is 1.39 bits per heavy atom. The van der Waals surface area contributed by atoms with Crippen LogP contribution in [0.25, 0.3) is 0 Å². The summed E-state index contributed by atoms with van der Waals surface area (Å²) in [6, 6.07) is 5.70. The Bertz CT molecular complexity index is 702. The molecule has 2 aromatic heterocycles. The summed E-state index contributed by atoms with van der Waals surface area (Å²) in [7, 11) is 1.94. The highest BCUT2D eigenvalue weighted by molar-refractivity contribution is 6.29. The topological polar surface area (TPSA) is 69.8 Å². The second-order valence-electron chi connectivity index (χ2n) is 5.87. The first kappa shape index (κ1) is 15.8. The third-order valence-corrected chi connectivity index (χ3v) is 4.58. The van der Waals surface area contributed by atoms with Crippen LogP contribution in [0.4, 0.5) is 5.82 Å². The molecule has 3 rings (SSSR count). The molecule has 0 amide bonds. The zero-order valence-electron chi connectivity index (χ0n) is 13.0. The summed E-state index contributed by atoms with van der Waals surface area (Å²) in [5.41, 5.74) is 0.580. The molecule has 0 saturated carbocycles. The maximum Gasteiger partial charge on any atom is 0.128 e. The number of anilines is 1. The molecule has 0 spiro atoms. The third kappa shape index (κ3) is 3.81. The van der Waals surface area contributed by atoms with Crippen molar-refractivity contribution >= 4 is 17.4 Å². The summed E-state index contributed by atoms with van der Waals surface area (Å²) < 4.78 is 1.92. The number of nitriles is 1. The van der Waals surface area contributed by atoms with Crippen LogP contribution in [0.15, 0.2) is 24.5 Å². The molecule has 23 heavy (non-hydrogen) atoms. The molecule has 1 fully saturated rings. The standard InChI is InChI=1S/C16H19ClN6/c1-22-14(17)9-21-16(22)11-23-5-4-13(10-23)8-20-15-3-2-12(6-18)7-19-15/h2-3,7,9,13H,4-5,8,10-11H2,1H3,(H,19,20). The molecule has 1 aliphatic rings. The van der Waals surface area contributed by atoms with Gasteiger partial charge in [0.2, 0.25) is 0 Å². The molecule has 1 atom stereocenters. The molecule has 0 aromatic carbocycles. The fraction of sp³-hybridized carbons (Fsp3) is 0.438. The molecule has 0 bridgehead atoms. The van der Waals surface area contributed by atoms with Gasteiger partial charge in [-0.25, -0.2) is 9.97 Å². The van der Waals surface area contributed by atoms with Gasteiger partial charge in [-0.05, 0) is 31.0 Å². The van der Waals surface area contributed by atoms with Crippen LogP contribution in [0, 0.1) is 17.2 Å².